The summed E-state index contributed by atoms with van der Waals surface area (Å²) >= 11 is 0. The molecule has 17 heavy (non-hydrogen) atoms. The number of hydrogen-bond acceptors (Lipinski definition) is 2. The van der Waals surface area contributed by atoms with Crippen LogP contribution in [0.5, 0.6) is 0 Å². The Bertz CT molecular complexity index is 571. The summed E-state index contributed by atoms with van der Waals surface area (Å²) in [5, 5.41) is 4.63. The number of piperidine rings is 1. The number of benzene rings is 1. The molecule has 88 valence electrons. The van der Waals surface area contributed by atoms with Crippen molar-refractivity contribution in [3.63, 3.8) is 0 Å². The molecule has 3 rings (SSSR count). The summed E-state index contributed by atoms with van der Waals surface area (Å²) in [5.74, 6) is 0.360. The Morgan fingerprint density at radius 3 is 3.00 bits per heavy atom. The molecule has 0 aliphatic carbocycles. The van der Waals surface area contributed by atoms with E-state index in [1.807, 2.05) is 0 Å². The van der Waals surface area contributed by atoms with Gasteiger partial charge in [-0.15, -0.1) is 0 Å². The molecular weight excluding hydrogens is 212 g/mol. The van der Waals surface area contributed by atoms with Crippen molar-refractivity contribution in [3.05, 3.63) is 35.5 Å². The highest BCUT2D eigenvalue weighted by molar-refractivity contribution is 5.83. The fourth-order valence-corrected chi connectivity index (χ4v) is 2.54. The van der Waals surface area contributed by atoms with Crippen molar-refractivity contribution in [3.8, 4) is 0 Å². The van der Waals surface area contributed by atoms with E-state index in [4.69, 9.17) is 0 Å². The minimum Gasteiger partial charge on any atom is -0.359 e. The maximum Gasteiger partial charge on any atom is 0.136 e. The highest BCUT2D eigenvalue weighted by atomic mass is 16.1. The van der Waals surface area contributed by atoms with E-state index in [0.29, 0.717) is 18.6 Å². The maximum absolute atomic E-state index is 11.5. The number of fused-ring (bicyclic) bond motifs is 1. The molecule has 2 N–H and O–H groups in total. The van der Waals surface area contributed by atoms with Crippen LogP contribution in [0.3, 0.4) is 0 Å². The third-order valence-corrected chi connectivity index (χ3v) is 3.41. The van der Waals surface area contributed by atoms with Crippen LogP contribution < -0.4 is 5.32 Å². The zero-order valence-corrected chi connectivity index (χ0v) is 9.92. The smallest absolute Gasteiger partial charge is 0.136 e. The lowest BCUT2D eigenvalue weighted by atomic mass is 9.96. The van der Waals surface area contributed by atoms with Crippen LogP contribution in [0.15, 0.2) is 24.3 Å². The first-order valence-corrected chi connectivity index (χ1v) is 6.07. The van der Waals surface area contributed by atoms with E-state index in [1.54, 1.807) is 0 Å². The monoisotopic (exact) mass is 228 g/mol. The van der Waals surface area contributed by atoms with Gasteiger partial charge in [-0.3, -0.25) is 4.79 Å². The number of carbonyl (C=O) groups is 1. The molecule has 0 saturated carbocycles. The lowest BCUT2D eigenvalue weighted by molar-refractivity contribution is -0.120. The van der Waals surface area contributed by atoms with Crippen LogP contribution >= 0.6 is 0 Å². The van der Waals surface area contributed by atoms with Gasteiger partial charge in [-0.2, -0.15) is 0 Å². The van der Waals surface area contributed by atoms with Gasteiger partial charge >= 0.3 is 0 Å². The van der Waals surface area contributed by atoms with Crippen LogP contribution in [0, 0.1) is 6.92 Å². The van der Waals surface area contributed by atoms with E-state index in [1.165, 1.54) is 16.6 Å². The number of ketones is 1. The molecule has 1 fully saturated rings. The van der Waals surface area contributed by atoms with Crippen LogP contribution in [0.25, 0.3) is 10.9 Å². The third kappa shape index (κ3) is 1.98. The summed E-state index contributed by atoms with van der Waals surface area (Å²) in [4.78, 5) is 14.8. The number of hydrogen-bond donors (Lipinski definition) is 2. The first kappa shape index (κ1) is 10.5. The van der Waals surface area contributed by atoms with Gasteiger partial charge in [0.25, 0.3) is 0 Å². The summed E-state index contributed by atoms with van der Waals surface area (Å²) < 4.78 is 0. The predicted octanol–water partition coefficient (Wildman–Crippen LogP) is 2.47. The Morgan fingerprint density at radius 1 is 1.29 bits per heavy atom. The van der Waals surface area contributed by atoms with Gasteiger partial charge in [0.05, 0.1) is 0 Å². The fraction of sp³-hybridized carbons (Fsp3) is 0.357. The molecule has 1 atom stereocenters. The molecule has 2 aromatic rings. The molecule has 1 saturated heterocycles. The van der Waals surface area contributed by atoms with Crippen LogP contribution in [-0.4, -0.2) is 17.3 Å². The van der Waals surface area contributed by atoms with Crippen molar-refractivity contribution in [2.45, 2.75) is 25.8 Å². The summed E-state index contributed by atoms with van der Waals surface area (Å²) in [7, 11) is 0. The lowest BCUT2D eigenvalue weighted by Gasteiger charge is -2.23. The molecule has 1 aromatic heterocycles. The Morgan fingerprint density at radius 2 is 2.18 bits per heavy atom. The number of aryl methyl sites for hydroxylation is 1. The number of rotatable bonds is 1. The quantitative estimate of drug-likeness (QED) is 0.787. The van der Waals surface area contributed by atoms with E-state index in [0.717, 1.165) is 12.1 Å². The molecule has 0 bridgehead atoms. The molecule has 1 aliphatic rings. The molecule has 0 radical (unpaired) electrons. The van der Waals surface area contributed by atoms with E-state index in [9.17, 15) is 4.79 Å². The number of aromatic nitrogens is 1. The largest absolute Gasteiger partial charge is 0.359 e. The van der Waals surface area contributed by atoms with Crippen molar-refractivity contribution in [1.82, 2.24) is 10.3 Å². The summed E-state index contributed by atoms with van der Waals surface area (Å²) in [6.07, 6.45) is 1.29. The molecule has 2 heterocycles. The number of carbonyl (C=O) groups excluding carboxylic acids is 1. The zero-order valence-electron chi connectivity index (χ0n) is 9.92. The van der Waals surface area contributed by atoms with Crippen LogP contribution in [0.4, 0.5) is 0 Å². The normalized spacial score (nSPS) is 21.0. The second-order valence-electron chi connectivity index (χ2n) is 4.80. The van der Waals surface area contributed by atoms with Crippen LogP contribution in [-0.2, 0) is 4.79 Å². The van der Waals surface area contributed by atoms with Gasteiger partial charge in [0.2, 0.25) is 0 Å². The summed E-state index contributed by atoms with van der Waals surface area (Å²) in [6, 6.07) is 8.71. The molecule has 0 amide bonds. The first-order chi connectivity index (χ1) is 8.22. The van der Waals surface area contributed by atoms with Crippen molar-refractivity contribution < 1.29 is 4.79 Å². The van der Waals surface area contributed by atoms with Crippen molar-refractivity contribution in [1.29, 1.82) is 0 Å². The van der Waals surface area contributed by atoms with E-state index >= 15 is 0 Å². The predicted molar refractivity (Wildman–Crippen MR) is 68.0 cm³/mol. The molecule has 3 heteroatoms. The van der Waals surface area contributed by atoms with Crippen LogP contribution in [0.2, 0.25) is 0 Å². The van der Waals surface area contributed by atoms with Gasteiger partial charge in [0, 0.05) is 36.6 Å². The minimum atomic E-state index is 0.191. The molecule has 0 spiro atoms. The van der Waals surface area contributed by atoms with Gasteiger partial charge in [0.1, 0.15) is 5.78 Å². The highest BCUT2D eigenvalue weighted by Gasteiger charge is 2.20. The van der Waals surface area contributed by atoms with E-state index in [2.05, 4.69) is 41.5 Å². The first-order valence-electron chi connectivity index (χ1n) is 6.07. The maximum atomic E-state index is 11.5. The zero-order chi connectivity index (χ0) is 11.8. The number of aromatic amines is 1. The van der Waals surface area contributed by atoms with Gasteiger partial charge in [-0.1, -0.05) is 6.07 Å². The van der Waals surface area contributed by atoms with Crippen LogP contribution in [0.1, 0.15) is 30.1 Å². The molecule has 1 unspecified atom stereocenters. The highest BCUT2D eigenvalue weighted by Crippen LogP contribution is 2.25. The Kier molecular flexibility index (Phi) is 2.48. The summed E-state index contributed by atoms with van der Waals surface area (Å²) in [5.41, 5.74) is 3.54. The van der Waals surface area contributed by atoms with Gasteiger partial charge in [-0.25, -0.2) is 0 Å². The van der Waals surface area contributed by atoms with E-state index < -0.39 is 0 Å². The minimum absolute atomic E-state index is 0.191. The number of nitrogens with one attached hydrogen (secondary N) is 2. The lowest BCUT2D eigenvalue weighted by Crippen LogP contribution is -2.31. The average molecular weight is 228 g/mol. The second kappa shape index (κ2) is 4.00. The topological polar surface area (TPSA) is 44.9 Å². The molecule has 1 aromatic carbocycles. The Hall–Kier alpha value is -1.61. The Labute approximate surface area is 100 Å². The standard InChI is InChI=1S/C14H16N2O/c1-9-6-11-7-10(2-3-13(11)16-9)14-8-12(17)4-5-15-14/h2-3,6-7,14-16H,4-5,8H2,1H3. The van der Waals surface area contributed by atoms with Gasteiger partial charge in [-0.05, 0) is 36.1 Å². The van der Waals surface area contributed by atoms with E-state index in [-0.39, 0.29) is 6.04 Å². The van der Waals surface area contributed by atoms with Crippen molar-refractivity contribution >= 4 is 16.7 Å². The fourth-order valence-electron chi connectivity index (χ4n) is 2.54. The summed E-state index contributed by atoms with van der Waals surface area (Å²) in [6.45, 7) is 2.86. The molecular formula is C14H16N2O. The second-order valence-corrected chi connectivity index (χ2v) is 4.80. The molecule has 1 aliphatic heterocycles. The average Bonchev–Trinajstić information content (AvgIpc) is 2.68. The Balaban J connectivity index is 1.96. The van der Waals surface area contributed by atoms with Gasteiger partial charge < -0.3 is 10.3 Å². The van der Waals surface area contributed by atoms with Crippen molar-refractivity contribution in [2.24, 2.45) is 0 Å². The third-order valence-electron chi connectivity index (χ3n) is 3.41. The SMILES string of the molecule is Cc1cc2cc(C3CC(=O)CCN3)ccc2[nH]1. The van der Waals surface area contributed by atoms with Crippen molar-refractivity contribution in [2.75, 3.05) is 6.54 Å². The molecule has 3 nitrogen and oxygen atoms in total. The number of Topliss-reactive ketones (excluding diaryl/α,β-unsaturated/α-hetero) is 1. The number of H-pyrrole nitrogens is 1. The van der Waals surface area contributed by atoms with Gasteiger partial charge in [0.15, 0.2) is 0 Å².